The predicted octanol–water partition coefficient (Wildman–Crippen LogP) is 9.11. The van der Waals surface area contributed by atoms with Crippen LogP contribution in [-0.2, 0) is 18.9 Å². The Labute approximate surface area is 462 Å². The Bertz CT molecular complexity index is 3540. The number of ether oxygens (including phenoxy) is 4. The van der Waals surface area contributed by atoms with E-state index in [-0.39, 0.29) is 70.1 Å². The number of nitrogens with one attached hydrogen (secondary N) is 1. The van der Waals surface area contributed by atoms with Crippen molar-refractivity contribution in [2.45, 2.75) is 83.3 Å². The van der Waals surface area contributed by atoms with E-state index < -0.39 is 73.0 Å². The van der Waals surface area contributed by atoms with Crippen molar-refractivity contribution in [3.63, 3.8) is 0 Å². The molecule has 8 atom stereocenters. The zero-order valence-electron chi connectivity index (χ0n) is 42.9. The monoisotopic (exact) mass is 1110 g/mol. The number of anilines is 2. The third-order valence-corrected chi connectivity index (χ3v) is 13.0. The maximum absolute atomic E-state index is 16.0. The summed E-state index contributed by atoms with van der Waals surface area (Å²) in [6.07, 6.45) is -3.53. The Kier molecular flexibility index (Phi) is 19.3. The number of carbonyl (C=O) groups is 5. The first kappa shape index (κ1) is 59.1. The van der Waals surface area contributed by atoms with E-state index in [2.05, 4.69) is 35.2 Å². The molecule has 9 aromatic rings. The molecule has 0 unspecified atom stereocenters. The summed E-state index contributed by atoms with van der Waals surface area (Å²) in [7, 11) is 0. The summed E-state index contributed by atoms with van der Waals surface area (Å²) in [6, 6.07) is 42.0. The molecular formula is C58H57F2N11O10. The number of hydrogen-bond donors (Lipinski definition) is 2. The van der Waals surface area contributed by atoms with E-state index in [0.717, 1.165) is 4.90 Å². The van der Waals surface area contributed by atoms with Crippen LogP contribution in [-0.4, -0.2) is 111 Å². The topological polar surface area (TPSA) is 291 Å². The number of rotatable bonds is 13. The van der Waals surface area contributed by atoms with Crippen molar-refractivity contribution in [2.24, 2.45) is 0 Å². The molecule has 11 rings (SSSR count). The van der Waals surface area contributed by atoms with Crippen LogP contribution in [0.4, 0.5) is 20.4 Å². The van der Waals surface area contributed by atoms with Gasteiger partial charge in [-0.1, -0.05) is 112 Å². The third kappa shape index (κ3) is 12.2. The molecule has 2 fully saturated rings. The van der Waals surface area contributed by atoms with E-state index in [4.69, 9.17) is 18.9 Å². The molecule has 6 N–H and O–H groups in total. The van der Waals surface area contributed by atoms with Gasteiger partial charge in [-0.25, -0.2) is 53.2 Å². The number of esters is 2. The number of hydrogen-bond acceptors (Lipinski definition) is 16. The minimum Gasteiger partial charge on any atom is -0.453 e. The van der Waals surface area contributed by atoms with Gasteiger partial charge < -0.3 is 35.9 Å². The van der Waals surface area contributed by atoms with Crippen LogP contribution < -0.4 is 16.4 Å². The van der Waals surface area contributed by atoms with Crippen LogP contribution in [0.25, 0.3) is 22.3 Å². The van der Waals surface area contributed by atoms with E-state index in [0.29, 0.717) is 29.5 Å². The van der Waals surface area contributed by atoms with Crippen molar-refractivity contribution >= 4 is 63.6 Å². The molecule has 23 heteroatoms. The summed E-state index contributed by atoms with van der Waals surface area (Å²) in [5.41, 5.74) is 2.38. The summed E-state index contributed by atoms with van der Waals surface area (Å²) in [5.74, 6) is -2.77. The number of carbonyl (C=O) groups excluding carboxylic acids is 5. The van der Waals surface area contributed by atoms with Crippen LogP contribution in [0.15, 0.2) is 177 Å². The molecule has 418 valence electrons. The Balaban J connectivity index is 0.000000230. The van der Waals surface area contributed by atoms with Gasteiger partial charge in [0.05, 0.1) is 23.8 Å². The molecule has 0 spiro atoms. The third-order valence-electron chi connectivity index (χ3n) is 13.0. The van der Waals surface area contributed by atoms with Crippen LogP contribution in [0.3, 0.4) is 0 Å². The van der Waals surface area contributed by atoms with Crippen molar-refractivity contribution in [3.05, 3.63) is 205 Å². The molecule has 21 nitrogen and oxygen atoms in total. The normalized spacial score (nSPS) is 19.8. The lowest BCUT2D eigenvalue weighted by atomic mass is 10.1. The van der Waals surface area contributed by atoms with E-state index >= 15 is 8.78 Å². The highest BCUT2D eigenvalue weighted by Crippen LogP contribution is 2.39. The van der Waals surface area contributed by atoms with Crippen molar-refractivity contribution in [2.75, 3.05) is 10.2 Å². The smallest absolute Gasteiger partial charge is 0.338 e. The van der Waals surface area contributed by atoms with Gasteiger partial charge >= 0.3 is 11.9 Å². The minimum atomic E-state index is -1.76. The zero-order chi connectivity index (χ0) is 54.3. The van der Waals surface area contributed by atoms with Gasteiger partial charge in [0.25, 0.3) is 17.7 Å². The number of fused-ring (bicyclic) bond motifs is 2. The van der Waals surface area contributed by atoms with Gasteiger partial charge in [-0.3, -0.25) is 23.5 Å². The molecule has 81 heavy (non-hydrogen) atoms. The fourth-order valence-corrected chi connectivity index (χ4v) is 9.10. The van der Waals surface area contributed by atoms with Gasteiger partial charge in [0, 0.05) is 16.7 Å². The van der Waals surface area contributed by atoms with Crippen LogP contribution in [0.2, 0.25) is 0 Å². The quantitative estimate of drug-likeness (QED) is 0.0803. The van der Waals surface area contributed by atoms with Gasteiger partial charge in [-0.15, -0.1) is 0 Å². The number of halogens is 2. The molecule has 3 amide bonds. The lowest BCUT2D eigenvalue weighted by molar-refractivity contribution is -0.0296. The van der Waals surface area contributed by atoms with Crippen LogP contribution in [0.5, 0.6) is 0 Å². The summed E-state index contributed by atoms with van der Waals surface area (Å²) >= 11 is 0. The maximum atomic E-state index is 16.0. The summed E-state index contributed by atoms with van der Waals surface area (Å²) in [5, 5.41) is 2.72. The highest BCUT2D eigenvalue weighted by molar-refractivity contribution is 6.27. The molecule has 2 aliphatic heterocycles. The van der Waals surface area contributed by atoms with Gasteiger partial charge in [-0.05, 0) is 73.5 Å². The van der Waals surface area contributed by atoms with Gasteiger partial charge in [-0.2, -0.15) is 0 Å². The first-order valence-corrected chi connectivity index (χ1v) is 24.9. The Hall–Kier alpha value is -9.55. The number of nitrogens with zero attached hydrogens (tertiary/aromatic N) is 9. The molecule has 0 bridgehead atoms. The number of aromatic nitrogens is 8. The first-order valence-electron chi connectivity index (χ1n) is 24.9. The Morgan fingerprint density at radius 3 is 1.32 bits per heavy atom. The number of alkyl halides is 2. The SMILES string of the molecule is C.CC[C@H]1O[C@@H](n2cnc3c(N(C(=O)c4ccccc4)C(=O)c4ccccc4)ncnc32)[C@@H](F)[C@@H]1OC(=O)c1ccccc1.CC[C@H]1O[C@@H](n2cnc3c(NC(=O)c4ccccc4)ncnc32)[C@@H](F)[C@@H]1OC(=O)c1ccccc1.N.O. The average Bonchev–Trinajstić information content (AvgIpc) is 4.31. The maximum Gasteiger partial charge on any atom is 0.338 e. The van der Waals surface area contributed by atoms with Crippen LogP contribution >= 0.6 is 0 Å². The summed E-state index contributed by atoms with van der Waals surface area (Å²) < 4.78 is 57.5. The Morgan fingerprint density at radius 1 is 0.531 bits per heavy atom. The van der Waals surface area contributed by atoms with E-state index in [1.54, 1.807) is 153 Å². The number of imidazole rings is 2. The molecule has 0 saturated carbocycles. The van der Waals surface area contributed by atoms with Gasteiger partial charge in [0.15, 0.2) is 71.0 Å². The van der Waals surface area contributed by atoms with Crippen molar-refractivity contribution in [1.29, 1.82) is 0 Å². The van der Waals surface area contributed by atoms with Crippen molar-refractivity contribution in [1.82, 2.24) is 45.2 Å². The highest BCUT2D eigenvalue weighted by Gasteiger charge is 2.50. The fourth-order valence-electron chi connectivity index (χ4n) is 9.10. The van der Waals surface area contributed by atoms with E-state index in [1.165, 1.54) is 34.4 Å². The minimum absolute atomic E-state index is 0. The van der Waals surface area contributed by atoms with Crippen LogP contribution in [0.1, 0.15) is 98.4 Å². The second-order valence-electron chi connectivity index (χ2n) is 17.9. The lowest BCUT2D eigenvalue weighted by Gasteiger charge is -2.21. The molecule has 0 aliphatic carbocycles. The highest BCUT2D eigenvalue weighted by atomic mass is 19.1. The average molecular weight is 1110 g/mol. The summed E-state index contributed by atoms with van der Waals surface area (Å²) in [4.78, 5) is 91.9. The Morgan fingerprint density at radius 2 is 0.901 bits per heavy atom. The number of imide groups is 1. The zero-order valence-corrected chi connectivity index (χ0v) is 42.9. The second kappa shape index (κ2) is 26.4. The first-order chi connectivity index (χ1) is 38.0. The van der Waals surface area contributed by atoms with E-state index in [9.17, 15) is 24.0 Å². The molecule has 4 aromatic heterocycles. The molecule has 2 aliphatic rings. The summed E-state index contributed by atoms with van der Waals surface area (Å²) in [6.45, 7) is 3.63. The second-order valence-corrected chi connectivity index (χ2v) is 17.9. The van der Waals surface area contributed by atoms with Crippen LogP contribution in [0, 0.1) is 0 Å². The fraction of sp³-hybridized carbons (Fsp3) is 0.224. The number of benzene rings is 5. The van der Waals surface area contributed by atoms with Crippen molar-refractivity contribution < 1.29 is 57.2 Å². The van der Waals surface area contributed by atoms with Gasteiger partial charge in [0.2, 0.25) is 0 Å². The lowest BCUT2D eigenvalue weighted by Crippen LogP contribution is -2.38. The molecular weight excluding hydrogens is 1050 g/mol. The van der Waals surface area contributed by atoms with E-state index in [1.807, 2.05) is 13.0 Å². The molecule has 6 heterocycles. The van der Waals surface area contributed by atoms with Crippen molar-refractivity contribution in [3.8, 4) is 0 Å². The number of amides is 3. The molecule has 2 saturated heterocycles. The van der Waals surface area contributed by atoms with Gasteiger partial charge in [0.1, 0.15) is 24.9 Å². The predicted molar refractivity (Wildman–Crippen MR) is 294 cm³/mol. The standard InChI is InChI=1S/C32H26FN5O5.C25H22FN5O4.CH4.H3N.H2O/c1-2-23-26(43-32(41)22-16-10-5-11-17-22)24(33)31(42-23)37-19-36-25-27(37)34-18-35-28(25)38(29(39)20-12-6-3-7-13-20)30(40)21-14-8-4-9-15-21;1-2-17-20(35-25(33)16-11-7-4-8-12-16)18(26)24(34-17)31-14-29-19-21(27-13-28-22(19)31)30-23(32)15-9-5-3-6-10-15;;;/h3-19,23-24,26,31H,2H2,1H3;3-14,17-18,20,24H,2H2,1H3,(H,27,28,30,32);1H4;1H3;1H2/t23-,24+,26-,31-;17-,18+,20-,24-;;;/m11.../s1. The molecule has 5 aromatic carbocycles. The molecule has 0 radical (unpaired) electrons. The largest absolute Gasteiger partial charge is 0.453 e.